The maximum Gasteiger partial charge on any atom is 0.161 e. The summed E-state index contributed by atoms with van der Waals surface area (Å²) < 4.78 is 6.57. The zero-order chi connectivity index (χ0) is 14.8. The largest absolute Gasteiger partial charge is 0.368 e. The number of aromatic nitrogens is 2. The molecule has 1 saturated heterocycles. The molecule has 110 valence electrons. The van der Waals surface area contributed by atoms with Gasteiger partial charge in [-0.2, -0.15) is 11.8 Å². The molecular formula is C14H11BrCl2N2OS. The van der Waals surface area contributed by atoms with Crippen LogP contribution >= 0.6 is 50.9 Å². The third-order valence-corrected chi connectivity index (χ3v) is 5.32. The van der Waals surface area contributed by atoms with Crippen molar-refractivity contribution in [2.45, 2.75) is 6.10 Å². The van der Waals surface area contributed by atoms with E-state index in [1.54, 1.807) is 0 Å². The maximum absolute atomic E-state index is 6.34. The number of halogens is 3. The summed E-state index contributed by atoms with van der Waals surface area (Å²) in [7, 11) is 0. The maximum atomic E-state index is 6.34. The quantitative estimate of drug-likeness (QED) is 0.657. The Morgan fingerprint density at radius 2 is 1.90 bits per heavy atom. The highest BCUT2D eigenvalue weighted by molar-refractivity contribution is 9.10. The molecule has 1 unspecified atom stereocenters. The summed E-state index contributed by atoms with van der Waals surface area (Å²) in [6.07, 6.45) is -0.146. The summed E-state index contributed by atoms with van der Waals surface area (Å²) >= 11 is 18.0. The summed E-state index contributed by atoms with van der Waals surface area (Å²) in [4.78, 5) is 8.77. The van der Waals surface area contributed by atoms with Crippen molar-refractivity contribution >= 4 is 50.9 Å². The third kappa shape index (κ3) is 3.37. The molecule has 0 spiro atoms. The molecule has 1 aliphatic rings. The van der Waals surface area contributed by atoms with E-state index in [1.165, 1.54) is 0 Å². The molecule has 0 bridgehead atoms. The van der Waals surface area contributed by atoms with Crippen LogP contribution in [0.3, 0.4) is 0 Å². The van der Waals surface area contributed by atoms with Crippen LogP contribution in [0.15, 0.2) is 28.7 Å². The van der Waals surface area contributed by atoms with Gasteiger partial charge < -0.3 is 4.74 Å². The molecule has 1 aromatic carbocycles. The molecule has 21 heavy (non-hydrogen) atoms. The SMILES string of the molecule is Clc1nc(C2CSCCO2)nc(Cl)c1-c1ccccc1Br. The zero-order valence-corrected chi connectivity index (χ0v) is 14.8. The Morgan fingerprint density at radius 1 is 1.19 bits per heavy atom. The number of rotatable bonds is 2. The standard InChI is InChI=1S/C14H11BrCl2N2OS/c15-9-4-2-1-3-8(9)11-12(16)18-14(19-13(11)17)10-7-21-6-5-20-10/h1-4,10H,5-7H2. The van der Waals surface area contributed by atoms with Crippen molar-refractivity contribution in [2.24, 2.45) is 0 Å². The predicted octanol–water partition coefficient (Wildman–Crippen LogP) is 5.02. The van der Waals surface area contributed by atoms with Gasteiger partial charge in [0.25, 0.3) is 0 Å². The Bertz CT molecular complexity index is 642. The lowest BCUT2D eigenvalue weighted by atomic mass is 10.1. The zero-order valence-electron chi connectivity index (χ0n) is 10.9. The first-order valence-electron chi connectivity index (χ1n) is 6.34. The molecule has 1 aromatic heterocycles. The van der Waals surface area contributed by atoms with Crippen LogP contribution in [0.2, 0.25) is 10.3 Å². The third-order valence-electron chi connectivity index (χ3n) is 3.09. The van der Waals surface area contributed by atoms with Crippen LogP contribution in [0, 0.1) is 0 Å². The second-order valence-corrected chi connectivity index (χ2v) is 7.17. The number of ether oxygens (including phenoxy) is 1. The first kappa shape index (κ1) is 15.6. The van der Waals surface area contributed by atoms with Crippen molar-refractivity contribution in [2.75, 3.05) is 18.1 Å². The van der Waals surface area contributed by atoms with Crippen molar-refractivity contribution in [3.63, 3.8) is 0 Å². The fourth-order valence-electron chi connectivity index (χ4n) is 2.09. The molecule has 0 N–H and O–H groups in total. The first-order chi connectivity index (χ1) is 10.2. The fourth-order valence-corrected chi connectivity index (χ4v) is 4.02. The van der Waals surface area contributed by atoms with Crippen molar-refractivity contribution in [1.82, 2.24) is 9.97 Å². The normalized spacial score (nSPS) is 18.7. The van der Waals surface area contributed by atoms with Crippen LogP contribution in [-0.2, 0) is 4.74 Å². The molecule has 2 heterocycles. The van der Waals surface area contributed by atoms with Gasteiger partial charge in [0.15, 0.2) is 5.82 Å². The molecule has 0 radical (unpaired) electrons. The molecule has 3 rings (SSSR count). The van der Waals surface area contributed by atoms with Gasteiger partial charge in [-0.25, -0.2) is 9.97 Å². The second-order valence-electron chi connectivity index (χ2n) is 4.45. The lowest BCUT2D eigenvalue weighted by molar-refractivity contribution is 0.0694. The Balaban J connectivity index is 2.02. The van der Waals surface area contributed by atoms with Crippen LogP contribution in [0.1, 0.15) is 11.9 Å². The Hall–Kier alpha value is -0.330. The second kappa shape index (κ2) is 6.84. The highest BCUT2D eigenvalue weighted by Crippen LogP contribution is 2.38. The summed E-state index contributed by atoms with van der Waals surface area (Å²) in [5.74, 6) is 2.36. The van der Waals surface area contributed by atoms with E-state index in [9.17, 15) is 0 Å². The molecule has 1 atom stereocenters. The molecule has 3 nitrogen and oxygen atoms in total. The van der Waals surface area contributed by atoms with E-state index in [2.05, 4.69) is 25.9 Å². The van der Waals surface area contributed by atoms with Gasteiger partial charge in [0.05, 0.1) is 12.2 Å². The van der Waals surface area contributed by atoms with Gasteiger partial charge in [-0.05, 0) is 6.07 Å². The Labute approximate surface area is 145 Å². The van der Waals surface area contributed by atoms with Crippen molar-refractivity contribution in [3.05, 3.63) is 44.9 Å². The van der Waals surface area contributed by atoms with E-state index in [0.29, 0.717) is 28.3 Å². The van der Waals surface area contributed by atoms with Crippen LogP contribution in [0.5, 0.6) is 0 Å². The first-order valence-corrected chi connectivity index (χ1v) is 9.04. The van der Waals surface area contributed by atoms with Gasteiger partial charge in [0.1, 0.15) is 16.4 Å². The van der Waals surface area contributed by atoms with Gasteiger partial charge in [-0.3, -0.25) is 0 Å². The lowest BCUT2D eigenvalue weighted by Gasteiger charge is -2.21. The topological polar surface area (TPSA) is 35.0 Å². The fraction of sp³-hybridized carbons (Fsp3) is 0.286. The van der Waals surface area contributed by atoms with E-state index in [-0.39, 0.29) is 6.10 Å². The van der Waals surface area contributed by atoms with Crippen LogP contribution in [-0.4, -0.2) is 28.1 Å². The van der Waals surface area contributed by atoms with Gasteiger partial charge in [-0.1, -0.05) is 57.3 Å². The predicted molar refractivity (Wildman–Crippen MR) is 91.2 cm³/mol. The molecule has 0 saturated carbocycles. The minimum absolute atomic E-state index is 0.146. The van der Waals surface area contributed by atoms with E-state index in [4.69, 9.17) is 27.9 Å². The molecule has 1 aliphatic heterocycles. The van der Waals surface area contributed by atoms with Crippen LogP contribution < -0.4 is 0 Å². The van der Waals surface area contributed by atoms with Crippen molar-refractivity contribution in [1.29, 1.82) is 0 Å². The van der Waals surface area contributed by atoms with E-state index >= 15 is 0 Å². The summed E-state index contributed by atoms with van der Waals surface area (Å²) in [5.41, 5.74) is 1.51. The summed E-state index contributed by atoms with van der Waals surface area (Å²) in [6, 6.07) is 7.70. The Kier molecular flexibility index (Phi) is 5.07. The number of nitrogens with zero attached hydrogens (tertiary/aromatic N) is 2. The number of thioether (sulfide) groups is 1. The minimum atomic E-state index is -0.146. The summed E-state index contributed by atoms with van der Waals surface area (Å²) in [6.45, 7) is 0.694. The average Bonchev–Trinajstić information content (AvgIpc) is 2.49. The smallest absolute Gasteiger partial charge is 0.161 e. The average molecular weight is 406 g/mol. The monoisotopic (exact) mass is 404 g/mol. The van der Waals surface area contributed by atoms with Gasteiger partial charge in [0, 0.05) is 21.5 Å². The number of hydrogen-bond acceptors (Lipinski definition) is 4. The van der Waals surface area contributed by atoms with Crippen molar-refractivity contribution < 1.29 is 4.74 Å². The number of benzene rings is 1. The highest BCUT2D eigenvalue weighted by Gasteiger charge is 2.23. The van der Waals surface area contributed by atoms with Crippen LogP contribution in [0.25, 0.3) is 11.1 Å². The minimum Gasteiger partial charge on any atom is -0.368 e. The Morgan fingerprint density at radius 3 is 2.52 bits per heavy atom. The molecular weight excluding hydrogens is 395 g/mol. The van der Waals surface area contributed by atoms with Gasteiger partial charge in [0.2, 0.25) is 0 Å². The van der Waals surface area contributed by atoms with Crippen molar-refractivity contribution in [3.8, 4) is 11.1 Å². The molecule has 0 amide bonds. The van der Waals surface area contributed by atoms with Crippen LogP contribution in [0.4, 0.5) is 0 Å². The molecule has 1 fully saturated rings. The van der Waals surface area contributed by atoms with Gasteiger partial charge >= 0.3 is 0 Å². The lowest BCUT2D eigenvalue weighted by Crippen LogP contribution is -2.18. The molecule has 7 heteroatoms. The van der Waals surface area contributed by atoms with E-state index in [1.807, 2.05) is 36.0 Å². The molecule has 0 aliphatic carbocycles. The molecule has 2 aromatic rings. The van der Waals surface area contributed by atoms with Gasteiger partial charge in [-0.15, -0.1) is 0 Å². The highest BCUT2D eigenvalue weighted by atomic mass is 79.9. The van der Waals surface area contributed by atoms with E-state index < -0.39 is 0 Å². The summed E-state index contributed by atoms with van der Waals surface area (Å²) in [5, 5.41) is 0.687. The van der Waals surface area contributed by atoms with E-state index in [0.717, 1.165) is 21.5 Å². The number of hydrogen-bond donors (Lipinski definition) is 0.